The molecule has 1 rings (SSSR count). The van der Waals surface area contributed by atoms with Crippen LogP contribution in [-0.4, -0.2) is 0 Å². The summed E-state index contributed by atoms with van der Waals surface area (Å²) in [4.78, 5) is 0. The second-order valence-corrected chi connectivity index (χ2v) is 4.50. The lowest BCUT2D eigenvalue weighted by Gasteiger charge is -2.35. The van der Waals surface area contributed by atoms with E-state index in [1.165, 1.54) is 51.4 Å². The van der Waals surface area contributed by atoms with Gasteiger partial charge in [-0.2, -0.15) is 5.26 Å². The Morgan fingerprint density at radius 2 is 1.92 bits per heavy atom. The summed E-state index contributed by atoms with van der Waals surface area (Å²) in [6.45, 7) is 2.24. The van der Waals surface area contributed by atoms with Crippen molar-refractivity contribution >= 4 is 0 Å². The molecule has 0 atom stereocenters. The molecule has 74 valence electrons. The van der Waals surface area contributed by atoms with Crippen molar-refractivity contribution in [3.8, 4) is 6.07 Å². The minimum Gasteiger partial charge on any atom is -0.198 e. The summed E-state index contributed by atoms with van der Waals surface area (Å²) < 4.78 is 0. The molecule has 0 aromatic heterocycles. The van der Waals surface area contributed by atoms with Crippen LogP contribution in [0, 0.1) is 16.7 Å². The summed E-state index contributed by atoms with van der Waals surface area (Å²) in [5, 5.41) is 8.83. The van der Waals surface area contributed by atoms with E-state index >= 15 is 0 Å². The third-order valence-corrected chi connectivity index (χ3v) is 3.43. The zero-order chi connectivity index (χ0) is 9.57. The van der Waals surface area contributed by atoms with E-state index in [2.05, 4.69) is 13.0 Å². The van der Waals surface area contributed by atoms with E-state index in [9.17, 15) is 0 Å². The molecule has 0 amide bonds. The summed E-state index contributed by atoms with van der Waals surface area (Å²) >= 11 is 0. The predicted octanol–water partition coefficient (Wildman–Crippen LogP) is 4.04. The van der Waals surface area contributed by atoms with Crippen molar-refractivity contribution in [3.63, 3.8) is 0 Å². The molecule has 0 radical (unpaired) electrons. The van der Waals surface area contributed by atoms with Gasteiger partial charge in [0.1, 0.15) is 0 Å². The van der Waals surface area contributed by atoms with Gasteiger partial charge in [-0.3, -0.25) is 0 Å². The van der Waals surface area contributed by atoms with Crippen LogP contribution in [-0.2, 0) is 0 Å². The van der Waals surface area contributed by atoms with E-state index in [1.807, 2.05) is 0 Å². The fourth-order valence-corrected chi connectivity index (χ4v) is 2.54. The van der Waals surface area contributed by atoms with Gasteiger partial charge in [-0.1, -0.05) is 39.0 Å². The van der Waals surface area contributed by atoms with Crippen LogP contribution in [0.3, 0.4) is 0 Å². The van der Waals surface area contributed by atoms with Gasteiger partial charge in [0, 0.05) is 6.42 Å². The highest BCUT2D eigenvalue weighted by Crippen LogP contribution is 2.42. The quantitative estimate of drug-likeness (QED) is 0.639. The fourth-order valence-electron chi connectivity index (χ4n) is 2.54. The Morgan fingerprint density at radius 3 is 2.46 bits per heavy atom. The molecule has 0 spiro atoms. The smallest absolute Gasteiger partial charge is 0.0627 e. The maximum absolute atomic E-state index is 8.83. The molecule has 1 aliphatic rings. The molecule has 1 nitrogen and oxygen atoms in total. The molecule has 1 heteroatoms. The van der Waals surface area contributed by atoms with Gasteiger partial charge in [0.2, 0.25) is 0 Å². The highest BCUT2D eigenvalue weighted by molar-refractivity contribution is 4.90. The Morgan fingerprint density at radius 1 is 1.23 bits per heavy atom. The largest absolute Gasteiger partial charge is 0.198 e. The van der Waals surface area contributed by atoms with Gasteiger partial charge in [-0.05, 0) is 24.7 Å². The van der Waals surface area contributed by atoms with Crippen molar-refractivity contribution in [2.75, 3.05) is 0 Å². The Labute approximate surface area is 82.1 Å². The van der Waals surface area contributed by atoms with Crippen LogP contribution in [0.2, 0.25) is 0 Å². The normalized spacial score (nSPS) is 20.9. The number of unbranched alkanes of at least 4 members (excludes halogenated alkanes) is 1. The first-order valence-corrected chi connectivity index (χ1v) is 5.70. The van der Waals surface area contributed by atoms with Crippen molar-refractivity contribution in [1.29, 1.82) is 5.26 Å². The lowest BCUT2D eigenvalue weighted by Crippen LogP contribution is -2.23. The highest BCUT2D eigenvalue weighted by Gasteiger charge is 2.30. The monoisotopic (exact) mass is 179 g/mol. The van der Waals surface area contributed by atoms with E-state index in [-0.39, 0.29) is 0 Å². The first-order valence-electron chi connectivity index (χ1n) is 5.70. The molecule has 0 aromatic carbocycles. The van der Waals surface area contributed by atoms with Crippen molar-refractivity contribution in [1.82, 2.24) is 0 Å². The second-order valence-electron chi connectivity index (χ2n) is 4.50. The molecule has 13 heavy (non-hydrogen) atoms. The average molecular weight is 179 g/mol. The Hall–Kier alpha value is -0.510. The molecule has 0 aliphatic heterocycles. The van der Waals surface area contributed by atoms with Crippen molar-refractivity contribution in [3.05, 3.63) is 0 Å². The van der Waals surface area contributed by atoms with Crippen LogP contribution < -0.4 is 0 Å². The molecule has 0 aromatic rings. The number of rotatable bonds is 4. The predicted molar refractivity (Wildman–Crippen MR) is 55.3 cm³/mol. The molecular weight excluding hydrogens is 158 g/mol. The van der Waals surface area contributed by atoms with E-state index in [1.54, 1.807) is 0 Å². The Kier molecular flexibility index (Phi) is 4.28. The van der Waals surface area contributed by atoms with Crippen LogP contribution in [0.15, 0.2) is 0 Å². The van der Waals surface area contributed by atoms with E-state index in [4.69, 9.17) is 5.26 Å². The van der Waals surface area contributed by atoms with Gasteiger partial charge in [0.05, 0.1) is 6.07 Å². The highest BCUT2D eigenvalue weighted by atomic mass is 14.4. The molecule has 0 bridgehead atoms. The third kappa shape index (κ3) is 3.03. The van der Waals surface area contributed by atoms with E-state index in [0.29, 0.717) is 5.41 Å². The first kappa shape index (κ1) is 10.6. The number of hydrogen-bond acceptors (Lipinski definition) is 1. The van der Waals surface area contributed by atoms with Crippen LogP contribution in [0.5, 0.6) is 0 Å². The third-order valence-electron chi connectivity index (χ3n) is 3.43. The van der Waals surface area contributed by atoms with Crippen molar-refractivity contribution < 1.29 is 0 Å². The number of nitriles is 1. The van der Waals surface area contributed by atoms with Crippen molar-refractivity contribution in [2.45, 2.75) is 64.7 Å². The van der Waals surface area contributed by atoms with Gasteiger partial charge in [0.25, 0.3) is 0 Å². The first-order chi connectivity index (χ1) is 6.33. The molecule has 1 aliphatic carbocycles. The minimum absolute atomic E-state index is 0.420. The van der Waals surface area contributed by atoms with Crippen molar-refractivity contribution in [2.24, 2.45) is 5.41 Å². The molecule has 0 unspecified atom stereocenters. The van der Waals surface area contributed by atoms with Gasteiger partial charge in [-0.15, -0.1) is 0 Å². The molecule has 0 heterocycles. The fraction of sp³-hybridized carbons (Fsp3) is 0.917. The SMILES string of the molecule is CCCCC1(CC#N)CCCCC1. The summed E-state index contributed by atoms with van der Waals surface area (Å²) in [6, 6.07) is 2.39. The van der Waals surface area contributed by atoms with Gasteiger partial charge >= 0.3 is 0 Å². The molecule has 1 fully saturated rings. The summed E-state index contributed by atoms with van der Waals surface area (Å²) in [5.74, 6) is 0. The Bertz CT molecular complexity index is 172. The van der Waals surface area contributed by atoms with Crippen LogP contribution in [0.25, 0.3) is 0 Å². The number of hydrogen-bond donors (Lipinski definition) is 0. The maximum Gasteiger partial charge on any atom is 0.0627 e. The van der Waals surface area contributed by atoms with E-state index in [0.717, 1.165) is 6.42 Å². The van der Waals surface area contributed by atoms with E-state index < -0.39 is 0 Å². The number of nitrogens with zero attached hydrogens (tertiary/aromatic N) is 1. The molecule has 0 N–H and O–H groups in total. The zero-order valence-electron chi connectivity index (χ0n) is 8.81. The minimum atomic E-state index is 0.420. The van der Waals surface area contributed by atoms with Crippen LogP contribution in [0.1, 0.15) is 64.7 Å². The Balaban J connectivity index is 2.46. The molecular formula is C12H21N. The lowest BCUT2D eigenvalue weighted by molar-refractivity contribution is 0.173. The maximum atomic E-state index is 8.83. The van der Waals surface area contributed by atoms with Gasteiger partial charge in [0.15, 0.2) is 0 Å². The van der Waals surface area contributed by atoms with Gasteiger partial charge in [-0.25, -0.2) is 0 Å². The van der Waals surface area contributed by atoms with Gasteiger partial charge < -0.3 is 0 Å². The molecule has 1 saturated carbocycles. The summed E-state index contributed by atoms with van der Waals surface area (Å²) in [5.41, 5.74) is 0.420. The lowest BCUT2D eigenvalue weighted by atomic mass is 9.69. The topological polar surface area (TPSA) is 23.8 Å². The summed E-state index contributed by atoms with van der Waals surface area (Å²) in [7, 11) is 0. The second kappa shape index (κ2) is 5.27. The zero-order valence-corrected chi connectivity index (χ0v) is 8.81. The van der Waals surface area contributed by atoms with Crippen LogP contribution in [0.4, 0.5) is 0 Å². The molecule has 0 saturated heterocycles. The summed E-state index contributed by atoms with van der Waals surface area (Å²) in [6.07, 6.45) is 11.4. The van der Waals surface area contributed by atoms with Crippen LogP contribution >= 0.6 is 0 Å². The average Bonchev–Trinajstić information content (AvgIpc) is 2.17. The standard InChI is InChI=1S/C12H21N/c1-2-3-7-12(10-11-13)8-5-4-6-9-12/h2-10H2,1H3.